The molecule has 5 heteroatoms. The van der Waals surface area contributed by atoms with Crippen molar-refractivity contribution in [3.8, 4) is 11.5 Å². The van der Waals surface area contributed by atoms with Gasteiger partial charge in [0.2, 0.25) is 12.7 Å². The number of benzene rings is 2. The molecule has 0 saturated heterocycles. The molecule has 1 amide bonds. The van der Waals surface area contributed by atoms with Gasteiger partial charge >= 0.3 is 0 Å². The first-order valence-corrected chi connectivity index (χ1v) is 9.42. The van der Waals surface area contributed by atoms with Crippen molar-refractivity contribution >= 4 is 17.4 Å². The topological polar surface area (TPSA) is 64.6 Å². The van der Waals surface area contributed by atoms with E-state index in [0.29, 0.717) is 23.0 Å². The van der Waals surface area contributed by atoms with E-state index < -0.39 is 0 Å². The molecular weight excluding hydrogens is 342 g/mol. The van der Waals surface area contributed by atoms with Crippen LogP contribution in [0.3, 0.4) is 0 Å². The summed E-state index contributed by atoms with van der Waals surface area (Å²) in [6.07, 6.45) is 3.53. The molecule has 2 atom stereocenters. The predicted molar refractivity (Wildman–Crippen MR) is 102 cm³/mol. The summed E-state index contributed by atoms with van der Waals surface area (Å²) in [7, 11) is 0. The molecule has 0 aromatic heterocycles. The number of Topliss-reactive ketones (excluding diaryl/α,β-unsaturated/α-hetero) is 1. The molecule has 27 heavy (non-hydrogen) atoms. The first-order valence-electron chi connectivity index (χ1n) is 9.42. The van der Waals surface area contributed by atoms with Crippen LogP contribution in [0.4, 0.5) is 5.69 Å². The van der Waals surface area contributed by atoms with E-state index in [1.807, 2.05) is 31.2 Å². The van der Waals surface area contributed by atoms with Crippen molar-refractivity contribution in [2.75, 3.05) is 12.1 Å². The third-order valence-electron chi connectivity index (χ3n) is 5.43. The largest absolute Gasteiger partial charge is 0.454 e. The lowest BCUT2D eigenvalue weighted by Gasteiger charge is -2.14. The smallest absolute Gasteiger partial charge is 0.231 e. The van der Waals surface area contributed by atoms with Gasteiger partial charge in [-0.2, -0.15) is 0 Å². The SMILES string of the molecule is C[C@@H](C(=O)Nc1ccc2c(c1)OCO2)c1ccc(C[C@@H]2CCCC2=O)cc1. The van der Waals surface area contributed by atoms with Crippen molar-refractivity contribution in [3.63, 3.8) is 0 Å². The number of anilines is 1. The van der Waals surface area contributed by atoms with Crippen LogP contribution in [0.1, 0.15) is 43.2 Å². The second-order valence-electron chi connectivity index (χ2n) is 7.28. The molecule has 2 aliphatic rings. The number of ether oxygens (including phenoxy) is 2. The number of rotatable bonds is 5. The van der Waals surface area contributed by atoms with Crippen molar-refractivity contribution < 1.29 is 19.1 Å². The maximum absolute atomic E-state index is 12.6. The van der Waals surface area contributed by atoms with E-state index in [0.717, 1.165) is 36.8 Å². The summed E-state index contributed by atoms with van der Waals surface area (Å²) >= 11 is 0. The Labute approximate surface area is 158 Å². The maximum Gasteiger partial charge on any atom is 0.231 e. The van der Waals surface area contributed by atoms with Gasteiger partial charge in [-0.25, -0.2) is 0 Å². The molecule has 0 bridgehead atoms. The molecule has 140 valence electrons. The molecule has 4 rings (SSSR count). The monoisotopic (exact) mass is 365 g/mol. The fourth-order valence-electron chi connectivity index (χ4n) is 3.71. The molecule has 2 aromatic carbocycles. The average Bonchev–Trinajstić information content (AvgIpc) is 3.30. The Bertz CT molecular complexity index is 859. The lowest BCUT2D eigenvalue weighted by Crippen LogP contribution is -2.19. The molecule has 1 aliphatic heterocycles. The van der Waals surface area contributed by atoms with Gasteiger partial charge in [0.05, 0.1) is 5.92 Å². The number of amides is 1. The number of carbonyl (C=O) groups is 2. The first-order chi connectivity index (χ1) is 13.1. The maximum atomic E-state index is 12.6. The van der Waals surface area contributed by atoms with E-state index in [2.05, 4.69) is 5.32 Å². The summed E-state index contributed by atoms with van der Waals surface area (Å²) in [6.45, 7) is 2.10. The van der Waals surface area contributed by atoms with Crippen LogP contribution in [0.2, 0.25) is 0 Å². The normalized spacial score (nSPS) is 19.1. The summed E-state index contributed by atoms with van der Waals surface area (Å²) in [6, 6.07) is 13.4. The average molecular weight is 365 g/mol. The molecule has 1 saturated carbocycles. The minimum absolute atomic E-state index is 0.0763. The van der Waals surface area contributed by atoms with E-state index in [1.165, 1.54) is 0 Å². The third kappa shape index (κ3) is 3.82. The van der Waals surface area contributed by atoms with Gasteiger partial charge in [0.1, 0.15) is 5.78 Å². The van der Waals surface area contributed by atoms with E-state index in [9.17, 15) is 9.59 Å². The Morgan fingerprint density at radius 1 is 1.15 bits per heavy atom. The fraction of sp³-hybridized carbons (Fsp3) is 0.364. The predicted octanol–water partition coefficient (Wildman–Crippen LogP) is 4.07. The van der Waals surface area contributed by atoms with E-state index >= 15 is 0 Å². The molecule has 0 radical (unpaired) electrons. The third-order valence-corrected chi connectivity index (χ3v) is 5.43. The summed E-state index contributed by atoms with van der Waals surface area (Å²) in [4.78, 5) is 24.4. The van der Waals surface area contributed by atoms with Gasteiger partial charge < -0.3 is 14.8 Å². The van der Waals surface area contributed by atoms with E-state index in [1.54, 1.807) is 18.2 Å². The standard InChI is InChI=1S/C22H23NO4/c1-14(22(25)23-18-9-10-20-21(12-18)27-13-26-20)16-7-5-15(6-8-16)11-17-3-2-4-19(17)24/h5-10,12,14,17H,2-4,11,13H2,1H3,(H,23,25)/t14-,17+/m1/s1. The Morgan fingerprint density at radius 3 is 2.67 bits per heavy atom. The quantitative estimate of drug-likeness (QED) is 0.867. The second-order valence-corrected chi connectivity index (χ2v) is 7.28. The molecule has 5 nitrogen and oxygen atoms in total. The molecule has 1 heterocycles. The minimum Gasteiger partial charge on any atom is -0.454 e. The van der Waals surface area contributed by atoms with Crippen LogP contribution < -0.4 is 14.8 Å². The zero-order valence-corrected chi connectivity index (χ0v) is 15.4. The Hall–Kier alpha value is -2.82. The summed E-state index contributed by atoms with van der Waals surface area (Å²) < 4.78 is 10.6. The lowest BCUT2D eigenvalue weighted by atomic mass is 9.94. The van der Waals surface area contributed by atoms with Crippen LogP contribution >= 0.6 is 0 Å². The number of ketones is 1. The highest BCUT2D eigenvalue weighted by molar-refractivity contribution is 5.95. The number of carbonyl (C=O) groups excluding carboxylic acids is 2. The molecular formula is C22H23NO4. The van der Waals surface area contributed by atoms with E-state index in [4.69, 9.17) is 9.47 Å². The zero-order chi connectivity index (χ0) is 18.8. The van der Waals surface area contributed by atoms with Gasteiger partial charge in [0, 0.05) is 24.1 Å². The van der Waals surface area contributed by atoms with Crippen molar-refractivity contribution in [2.45, 2.75) is 38.5 Å². The van der Waals surface area contributed by atoms with Crippen molar-refractivity contribution in [1.82, 2.24) is 0 Å². The second kappa shape index (κ2) is 7.43. The van der Waals surface area contributed by atoms with Crippen molar-refractivity contribution in [3.05, 3.63) is 53.6 Å². The molecule has 0 spiro atoms. The van der Waals surface area contributed by atoms with Gasteiger partial charge in [0.15, 0.2) is 11.5 Å². The summed E-state index contributed by atoms with van der Waals surface area (Å²) in [5, 5.41) is 2.93. The van der Waals surface area contributed by atoms with Crippen LogP contribution in [0, 0.1) is 5.92 Å². The van der Waals surface area contributed by atoms with Gasteiger partial charge in [0.25, 0.3) is 0 Å². The molecule has 0 unspecified atom stereocenters. The van der Waals surface area contributed by atoms with Gasteiger partial charge in [-0.3, -0.25) is 9.59 Å². The van der Waals surface area contributed by atoms with Crippen molar-refractivity contribution in [2.24, 2.45) is 5.92 Å². The molecule has 2 aromatic rings. The van der Waals surface area contributed by atoms with Gasteiger partial charge in [-0.05, 0) is 49.4 Å². The highest BCUT2D eigenvalue weighted by Gasteiger charge is 2.24. The highest BCUT2D eigenvalue weighted by atomic mass is 16.7. The number of nitrogens with one attached hydrogen (secondary N) is 1. The van der Waals surface area contributed by atoms with Gasteiger partial charge in [-0.1, -0.05) is 24.3 Å². The number of fused-ring (bicyclic) bond motifs is 1. The number of hydrogen-bond donors (Lipinski definition) is 1. The van der Waals surface area contributed by atoms with Crippen LogP contribution in [-0.2, 0) is 16.0 Å². The summed E-state index contributed by atoms with van der Waals surface area (Å²) in [5.41, 5.74) is 2.80. The van der Waals surface area contributed by atoms with Crippen LogP contribution in [0.25, 0.3) is 0 Å². The fourth-order valence-corrected chi connectivity index (χ4v) is 3.71. The Balaban J connectivity index is 1.39. The molecule has 1 N–H and O–H groups in total. The first kappa shape index (κ1) is 17.6. The zero-order valence-electron chi connectivity index (χ0n) is 15.4. The van der Waals surface area contributed by atoms with Crippen LogP contribution in [-0.4, -0.2) is 18.5 Å². The molecule has 1 aliphatic carbocycles. The van der Waals surface area contributed by atoms with E-state index in [-0.39, 0.29) is 24.5 Å². The number of hydrogen-bond acceptors (Lipinski definition) is 4. The van der Waals surface area contributed by atoms with Crippen molar-refractivity contribution in [1.29, 1.82) is 0 Å². The summed E-state index contributed by atoms with van der Waals surface area (Å²) in [5.74, 6) is 1.53. The molecule has 1 fully saturated rings. The Morgan fingerprint density at radius 2 is 1.93 bits per heavy atom. The van der Waals surface area contributed by atoms with Crippen LogP contribution in [0.5, 0.6) is 11.5 Å². The van der Waals surface area contributed by atoms with Gasteiger partial charge in [-0.15, -0.1) is 0 Å². The van der Waals surface area contributed by atoms with Crippen LogP contribution in [0.15, 0.2) is 42.5 Å². The Kier molecular flexibility index (Phi) is 4.84. The highest BCUT2D eigenvalue weighted by Crippen LogP contribution is 2.34. The lowest BCUT2D eigenvalue weighted by molar-refractivity contribution is -0.120. The minimum atomic E-state index is -0.280.